The number of amides is 1. The second-order valence-corrected chi connectivity index (χ2v) is 10.5. The molecular weight excluding hydrogens is 459 g/mol. The van der Waals surface area contributed by atoms with E-state index < -0.39 is 22.0 Å². The van der Waals surface area contributed by atoms with Crippen LogP contribution in [0.5, 0.6) is 0 Å². The maximum Gasteiger partial charge on any atom is 0.322 e. The SMILES string of the molecule is O=C(Nc1nnc(-c2ccccc2Cl)o1)C1CCCN1S(=O)(=O)c1ccc(Cl)s1. The van der Waals surface area contributed by atoms with Crippen LogP contribution in [0.1, 0.15) is 12.8 Å². The zero-order valence-corrected chi connectivity index (χ0v) is 17.9. The van der Waals surface area contributed by atoms with Gasteiger partial charge in [-0.3, -0.25) is 10.1 Å². The van der Waals surface area contributed by atoms with Gasteiger partial charge in [0.15, 0.2) is 0 Å². The van der Waals surface area contributed by atoms with Crippen LogP contribution in [0.25, 0.3) is 11.5 Å². The van der Waals surface area contributed by atoms with E-state index in [-0.39, 0.29) is 22.7 Å². The number of carbonyl (C=O) groups excluding carboxylic acids is 1. The molecular formula is C17H14Cl2N4O4S2. The summed E-state index contributed by atoms with van der Waals surface area (Å²) in [5.41, 5.74) is 0.529. The molecule has 1 fully saturated rings. The van der Waals surface area contributed by atoms with E-state index in [1.807, 2.05) is 0 Å². The van der Waals surface area contributed by atoms with Gasteiger partial charge >= 0.3 is 6.01 Å². The molecule has 1 amide bonds. The lowest BCUT2D eigenvalue weighted by Crippen LogP contribution is -2.42. The minimum Gasteiger partial charge on any atom is -0.403 e. The highest BCUT2D eigenvalue weighted by Gasteiger charge is 2.40. The summed E-state index contributed by atoms with van der Waals surface area (Å²) in [6.45, 7) is 0.241. The number of carbonyl (C=O) groups is 1. The maximum atomic E-state index is 12.9. The van der Waals surface area contributed by atoms with Crippen molar-refractivity contribution in [2.75, 3.05) is 11.9 Å². The zero-order chi connectivity index (χ0) is 20.6. The molecule has 3 heterocycles. The van der Waals surface area contributed by atoms with Crippen molar-refractivity contribution in [1.29, 1.82) is 0 Å². The second kappa shape index (κ2) is 8.04. The standard InChI is InChI=1S/C17H14Cl2N4O4S2/c18-11-5-2-1-4-10(11)16-21-22-17(27-16)20-15(24)12-6-3-9-23(12)29(25,26)14-8-7-13(19)28-14/h1-2,4-5,7-8,12H,3,6,9H2,(H,20,22,24). The largest absolute Gasteiger partial charge is 0.403 e. The third kappa shape index (κ3) is 4.03. The normalized spacial score (nSPS) is 17.5. The van der Waals surface area contributed by atoms with Gasteiger partial charge in [-0.15, -0.1) is 16.4 Å². The molecule has 0 aliphatic carbocycles. The van der Waals surface area contributed by atoms with Crippen molar-refractivity contribution < 1.29 is 17.6 Å². The zero-order valence-electron chi connectivity index (χ0n) is 14.7. The summed E-state index contributed by atoms with van der Waals surface area (Å²) in [4.78, 5) is 12.7. The average molecular weight is 473 g/mol. The number of hydrogen-bond donors (Lipinski definition) is 1. The van der Waals surface area contributed by atoms with Gasteiger partial charge < -0.3 is 4.42 Å². The highest BCUT2D eigenvalue weighted by molar-refractivity contribution is 7.91. The minimum atomic E-state index is -3.83. The Hall–Kier alpha value is -1.98. The Morgan fingerprint density at radius 2 is 2.00 bits per heavy atom. The summed E-state index contributed by atoms with van der Waals surface area (Å²) >= 11 is 12.9. The molecule has 0 spiro atoms. The third-order valence-electron chi connectivity index (χ3n) is 4.38. The summed E-state index contributed by atoms with van der Waals surface area (Å²) in [5.74, 6) is -0.391. The number of benzene rings is 1. The van der Waals surface area contributed by atoms with E-state index in [2.05, 4.69) is 15.5 Å². The van der Waals surface area contributed by atoms with Gasteiger partial charge in [0.2, 0.25) is 5.91 Å². The number of halogens is 2. The Morgan fingerprint density at radius 1 is 1.21 bits per heavy atom. The number of anilines is 1. The van der Waals surface area contributed by atoms with Crippen molar-refractivity contribution in [3.8, 4) is 11.5 Å². The number of aromatic nitrogens is 2. The summed E-state index contributed by atoms with van der Waals surface area (Å²) in [7, 11) is -3.83. The van der Waals surface area contributed by atoms with Crippen LogP contribution >= 0.6 is 34.5 Å². The van der Waals surface area contributed by atoms with Crippen molar-refractivity contribution in [3.05, 3.63) is 45.8 Å². The van der Waals surface area contributed by atoms with Gasteiger partial charge in [-0.2, -0.15) is 4.31 Å². The van der Waals surface area contributed by atoms with Gasteiger partial charge in [0, 0.05) is 6.54 Å². The molecule has 0 bridgehead atoms. The monoisotopic (exact) mass is 472 g/mol. The Labute approximate surface area is 180 Å². The van der Waals surface area contributed by atoms with Crippen LogP contribution in [-0.2, 0) is 14.8 Å². The molecule has 3 aromatic rings. The second-order valence-electron chi connectivity index (χ2n) is 6.21. The van der Waals surface area contributed by atoms with Crippen LogP contribution in [0.2, 0.25) is 9.36 Å². The first-order chi connectivity index (χ1) is 13.9. The molecule has 0 saturated carbocycles. The van der Waals surface area contributed by atoms with Crippen LogP contribution in [-0.4, -0.2) is 41.4 Å². The molecule has 1 aromatic carbocycles. The molecule has 1 aliphatic rings. The predicted octanol–water partition coefficient (Wildman–Crippen LogP) is 3.90. The van der Waals surface area contributed by atoms with E-state index in [0.29, 0.717) is 27.8 Å². The Bertz CT molecular complexity index is 1160. The molecule has 2 aromatic heterocycles. The van der Waals surface area contributed by atoms with Crippen LogP contribution in [0.4, 0.5) is 6.01 Å². The fraction of sp³-hybridized carbons (Fsp3) is 0.235. The van der Waals surface area contributed by atoms with E-state index in [1.165, 1.54) is 16.4 Å². The number of nitrogens with zero attached hydrogens (tertiary/aromatic N) is 3. The molecule has 12 heteroatoms. The van der Waals surface area contributed by atoms with E-state index in [0.717, 1.165) is 11.3 Å². The molecule has 0 radical (unpaired) electrons. The first-order valence-electron chi connectivity index (χ1n) is 8.53. The Kier molecular flexibility index (Phi) is 5.63. The van der Waals surface area contributed by atoms with Crippen LogP contribution in [0.15, 0.2) is 45.0 Å². The number of hydrogen-bond acceptors (Lipinski definition) is 7. The average Bonchev–Trinajstić information content (AvgIpc) is 3.42. The molecule has 8 nitrogen and oxygen atoms in total. The molecule has 152 valence electrons. The number of thiophene rings is 1. The maximum absolute atomic E-state index is 12.9. The fourth-order valence-corrected chi connectivity index (χ4v) is 6.53. The van der Waals surface area contributed by atoms with Crippen LogP contribution < -0.4 is 5.32 Å². The summed E-state index contributed by atoms with van der Waals surface area (Å²) in [5, 5.41) is 10.6. The number of rotatable bonds is 5. The van der Waals surface area contributed by atoms with Crippen LogP contribution in [0, 0.1) is 0 Å². The van der Waals surface area contributed by atoms with Crippen molar-refractivity contribution in [3.63, 3.8) is 0 Å². The molecule has 4 rings (SSSR count). The quantitative estimate of drug-likeness (QED) is 0.603. The lowest BCUT2D eigenvalue weighted by molar-refractivity contribution is -0.119. The van der Waals surface area contributed by atoms with Crippen LogP contribution in [0.3, 0.4) is 0 Å². The molecule has 29 heavy (non-hydrogen) atoms. The topological polar surface area (TPSA) is 105 Å². The van der Waals surface area contributed by atoms with Crippen molar-refractivity contribution >= 4 is 56.5 Å². The molecule has 1 saturated heterocycles. The third-order valence-corrected chi connectivity index (χ3v) is 8.31. The lowest BCUT2D eigenvalue weighted by Gasteiger charge is -2.21. The van der Waals surface area contributed by atoms with E-state index >= 15 is 0 Å². The fourth-order valence-electron chi connectivity index (χ4n) is 3.05. The molecule has 1 aliphatic heterocycles. The predicted molar refractivity (Wildman–Crippen MR) is 110 cm³/mol. The first kappa shape index (κ1) is 20.3. The lowest BCUT2D eigenvalue weighted by atomic mass is 10.2. The van der Waals surface area contributed by atoms with Gasteiger partial charge in [-0.25, -0.2) is 8.42 Å². The van der Waals surface area contributed by atoms with Gasteiger partial charge in [0.05, 0.1) is 14.9 Å². The van der Waals surface area contributed by atoms with Crippen molar-refractivity contribution in [2.45, 2.75) is 23.1 Å². The number of nitrogens with one attached hydrogen (secondary N) is 1. The summed E-state index contributed by atoms with van der Waals surface area (Å²) in [6.07, 6.45) is 0.945. The van der Waals surface area contributed by atoms with Gasteiger partial charge in [0.1, 0.15) is 10.3 Å². The minimum absolute atomic E-state index is 0.0981. The van der Waals surface area contributed by atoms with E-state index in [1.54, 1.807) is 24.3 Å². The molecule has 1 N–H and O–H groups in total. The van der Waals surface area contributed by atoms with Gasteiger partial charge in [-0.1, -0.05) is 40.4 Å². The van der Waals surface area contributed by atoms with E-state index in [9.17, 15) is 13.2 Å². The molecule has 1 unspecified atom stereocenters. The van der Waals surface area contributed by atoms with Crippen molar-refractivity contribution in [2.24, 2.45) is 0 Å². The molecule has 1 atom stereocenters. The highest BCUT2D eigenvalue weighted by atomic mass is 35.5. The highest BCUT2D eigenvalue weighted by Crippen LogP contribution is 2.33. The van der Waals surface area contributed by atoms with Gasteiger partial charge in [-0.05, 0) is 37.1 Å². The summed E-state index contributed by atoms with van der Waals surface area (Å²) < 4.78 is 32.9. The smallest absolute Gasteiger partial charge is 0.322 e. The van der Waals surface area contributed by atoms with Gasteiger partial charge in [0.25, 0.3) is 15.9 Å². The summed E-state index contributed by atoms with van der Waals surface area (Å²) in [6, 6.07) is 8.85. The number of sulfonamides is 1. The Morgan fingerprint density at radius 3 is 2.72 bits per heavy atom. The van der Waals surface area contributed by atoms with Crippen molar-refractivity contribution in [1.82, 2.24) is 14.5 Å². The van der Waals surface area contributed by atoms with E-state index in [4.69, 9.17) is 27.6 Å². The first-order valence-corrected chi connectivity index (χ1v) is 11.5. The Balaban J connectivity index is 1.52.